The largest absolute Gasteiger partial charge is 0.450 e. The van der Waals surface area contributed by atoms with Gasteiger partial charge in [0.2, 0.25) is 0 Å². The van der Waals surface area contributed by atoms with Gasteiger partial charge in [-0.1, -0.05) is 50.8 Å². The third-order valence-electron chi connectivity index (χ3n) is 2.60. The van der Waals surface area contributed by atoms with Crippen molar-refractivity contribution in [2.75, 3.05) is 14.2 Å². The highest BCUT2D eigenvalue weighted by atomic mass is 16.5. The normalized spacial score (nSPS) is 9.96. The number of hydrogen-bond acceptors (Lipinski definition) is 2. The van der Waals surface area contributed by atoms with E-state index in [9.17, 15) is 0 Å². The van der Waals surface area contributed by atoms with Crippen LogP contribution in [0.3, 0.4) is 0 Å². The van der Waals surface area contributed by atoms with Gasteiger partial charge in [0.15, 0.2) is 0 Å². The molecule has 1 aromatic rings. The fourth-order valence-corrected chi connectivity index (χ4v) is 1.53. The van der Waals surface area contributed by atoms with Crippen LogP contribution in [0.1, 0.15) is 31.9 Å². The average Bonchev–Trinajstić information content (AvgIpc) is 2.61. The van der Waals surface area contributed by atoms with E-state index in [0.29, 0.717) is 0 Å². The molecule has 1 rings (SSSR count). The smallest absolute Gasteiger partial charge is 0.115 e. The molecule has 0 saturated carbocycles. The molecule has 0 aliphatic heterocycles. The molecule has 1 aromatic carbocycles. The van der Waals surface area contributed by atoms with Crippen LogP contribution in [0.4, 0.5) is 0 Å². The Kier molecular flexibility index (Phi) is 11.3. The van der Waals surface area contributed by atoms with Crippen LogP contribution in [0.5, 0.6) is 0 Å². The van der Waals surface area contributed by atoms with Gasteiger partial charge in [-0.15, -0.1) is 0 Å². The highest BCUT2D eigenvalue weighted by Gasteiger charge is 1.96. The summed E-state index contributed by atoms with van der Waals surface area (Å²) in [7, 11) is 3.08. The van der Waals surface area contributed by atoms with Gasteiger partial charge in [0.1, 0.15) is 12.2 Å². The summed E-state index contributed by atoms with van der Waals surface area (Å²) in [6.07, 6.45) is 10.8. The highest BCUT2D eigenvalue weighted by Crippen LogP contribution is 2.16. The van der Waals surface area contributed by atoms with Crippen LogP contribution in [0, 0.1) is 24.1 Å². The maximum Gasteiger partial charge on any atom is 0.115 e. The summed E-state index contributed by atoms with van der Waals surface area (Å²) in [5.41, 5.74) is 3.90. The van der Waals surface area contributed by atoms with Gasteiger partial charge in [0.25, 0.3) is 0 Å². The van der Waals surface area contributed by atoms with E-state index < -0.39 is 0 Å². The van der Waals surface area contributed by atoms with Crippen LogP contribution in [-0.2, 0) is 9.47 Å². The van der Waals surface area contributed by atoms with Gasteiger partial charge in [-0.2, -0.15) is 0 Å². The molecule has 0 saturated heterocycles. The quantitative estimate of drug-likeness (QED) is 0.590. The average molecular weight is 308 g/mol. The van der Waals surface area contributed by atoms with E-state index in [1.165, 1.54) is 0 Å². The lowest BCUT2D eigenvalue weighted by molar-refractivity contribution is 0.372. The van der Waals surface area contributed by atoms with E-state index in [-0.39, 0.29) is 0 Å². The van der Waals surface area contributed by atoms with Crippen LogP contribution in [0.15, 0.2) is 54.6 Å². The molecule has 0 atom stereocenters. The van der Waals surface area contributed by atoms with Crippen LogP contribution in [0.2, 0.25) is 0 Å². The number of rotatable bonds is 3. The zero-order valence-corrected chi connectivity index (χ0v) is 14.6. The second-order valence-electron chi connectivity index (χ2n) is 4.12. The van der Waals surface area contributed by atoms with E-state index in [1.54, 1.807) is 14.2 Å². The number of methoxy groups -OCH3 is 2. The summed E-state index contributed by atoms with van der Waals surface area (Å²) >= 11 is 0. The molecular formula is C21H24O2. The van der Waals surface area contributed by atoms with Gasteiger partial charge in [-0.25, -0.2) is 0 Å². The molecule has 0 aliphatic carbocycles. The number of ether oxygens (including phenoxy) is 2. The van der Waals surface area contributed by atoms with E-state index in [2.05, 4.69) is 30.6 Å². The summed E-state index contributed by atoms with van der Waals surface area (Å²) < 4.78 is 9.43. The Morgan fingerprint density at radius 2 is 1.61 bits per heavy atom. The van der Waals surface area contributed by atoms with Crippen molar-refractivity contribution in [3.05, 3.63) is 65.8 Å². The Bertz CT molecular complexity index is 654. The molecule has 120 valence electrons. The first-order valence-electron chi connectivity index (χ1n) is 7.40. The van der Waals surface area contributed by atoms with Crippen molar-refractivity contribution < 1.29 is 9.47 Å². The van der Waals surface area contributed by atoms with Crippen LogP contribution >= 0.6 is 0 Å². The molecule has 0 unspecified atom stereocenters. The van der Waals surface area contributed by atoms with Crippen LogP contribution in [-0.4, -0.2) is 14.2 Å². The zero-order valence-electron chi connectivity index (χ0n) is 14.6. The number of benzene rings is 1. The fraction of sp³-hybridized carbons (Fsp3) is 0.238. The van der Waals surface area contributed by atoms with Crippen LogP contribution in [0.25, 0.3) is 5.57 Å². The molecule has 0 N–H and O–H groups in total. The number of hydrogen-bond donors (Lipinski definition) is 0. The molecule has 2 heteroatoms. The van der Waals surface area contributed by atoms with Crippen molar-refractivity contribution >= 4 is 5.57 Å². The molecular weight excluding hydrogens is 284 g/mol. The molecule has 0 heterocycles. The minimum absolute atomic E-state index is 0.904. The minimum atomic E-state index is 0.904. The molecule has 23 heavy (non-hydrogen) atoms. The Balaban J connectivity index is 0.00000232. The molecule has 0 fully saturated rings. The van der Waals surface area contributed by atoms with Gasteiger partial charge < -0.3 is 9.47 Å². The van der Waals surface area contributed by atoms with Crippen molar-refractivity contribution in [2.45, 2.75) is 20.8 Å². The van der Waals surface area contributed by atoms with E-state index in [0.717, 1.165) is 22.3 Å². The minimum Gasteiger partial charge on any atom is -0.450 e. The lowest BCUT2D eigenvalue weighted by Gasteiger charge is -2.01. The third-order valence-corrected chi connectivity index (χ3v) is 2.60. The predicted octanol–water partition coefficient (Wildman–Crippen LogP) is 4.79. The fourth-order valence-electron chi connectivity index (χ4n) is 1.53. The van der Waals surface area contributed by atoms with E-state index in [1.807, 2.05) is 63.3 Å². The first kappa shape index (κ1) is 20.2. The Morgan fingerprint density at radius 3 is 2.13 bits per heavy atom. The van der Waals surface area contributed by atoms with Crippen molar-refractivity contribution in [2.24, 2.45) is 0 Å². The second-order valence-corrected chi connectivity index (χ2v) is 4.12. The van der Waals surface area contributed by atoms with Gasteiger partial charge in [0.05, 0.1) is 14.2 Å². The monoisotopic (exact) mass is 308 g/mol. The van der Waals surface area contributed by atoms with E-state index >= 15 is 0 Å². The van der Waals surface area contributed by atoms with Crippen LogP contribution < -0.4 is 0 Å². The Hall–Kier alpha value is -2.84. The molecule has 0 radical (unpaired) electrons. The topological polar surface area (TPSA) is 18.5 Å². The summed E-state index contributed by atoms with van der Waals surface area (Å²) in [5.74, 6) is 5.76. The first-order chi connectivity index (χ1) is 11.2. The summed E-state index contributed by atoms with van der Waals surface area (Å²) in [4.78, 5) is 0. The van der Waals surface area contributed by atoms with Gasteiger partial charge in [-0.3, -0.25) is 0 Å². The Morgan fingerprint density at radius 1 is 1.00 bits per heavy atom. The standard InChI is InChI=1S/C19H18O2.C2H6/c1-5-18(9-6-16(2)12-14-20-3)19-10-7-17(8-11-19)13-15-21-4;1-2/h5-11H,1H2,2-4H3;1-2H3/b16-6+,18-9+;. The first-order valence-corrected chi connectivity index (χ1v) is 7.40. The van der Waals surface area contributed by atoms with E-state index in [4.69, 9.17) is 9.47 Å². The van der Waals surface area contributed by atoms with Gasteiger partial charge in [0, 0.05) is 11.1 Å². The molecule has 0 spiro atoms. The maximum absolute atomic E-state index is 4.72. The van der Waals surface area contributed by atoms with Gasteiger partial charge >= 0.3 is 0 Å². The lowest BCUT2D eigenvalue weighted by Crippen LogP contribution is -1.82. The second kappa shape index (κ2) is 12.9. The molecule has 2 nitrogen and oxygen atoms in total. The summed E-state index contributed by atoms with van der Waals surface area (Å²) in [5, 5.41) is 0. The maximum atomic E-state index is 4.72. The SMILES string of the molecule is C=C/C(=C\C=C(/C)C#COC)c1ccc(C#COC)cc1.CC. The summed E-state index contributed by atoms with van der Waals surface area (Å²) in [6, 6.07) is 7.88. The lowest BCUT2D eigenvalue weighted by atomic mass is 10.0. The molecule has 0 aromatic heterocycles. The highest BCUT2D eigenvalue weighted by molar-refractivity contribution is 5.75. The molecule has 0 amide bonds. The molecule has 0 bridgehead atoms. The summed E-state index contributed by atoms with van der Waals surface area (Å²) in [6.45, 7) is 9.77. The third kappa shape index (κ3) is 8.24. The van der Waals surface area contributed by atoms with Gasteiger partial charge in [-0.05, 0) is 42.0 Å². The van der Waals surface area contributed by atoms with Crippen molar-refractivity contribution in [3.8, 4) is 24.1 Å². The zero-order chi connectivity index (χ0) is 17.5. The predicted molar refractivity (Wildman–Crippen MR) is 98.4 cm³/mol. The van der Waals surface area contributed by atoms with Crippen molar-refractivity contribution in [1.29, 1.82) is 0 Å². The van der Waals surface area contributed by atoms with Crippen molar-refractivity contribution in [3.63, 3.8) is 0 Å². The number of allylic oxidation sites excluding steroid dienone is 5. The molecule has 0 aliphatic rings. The van der Waals surface area contributed by atoms with Crippen molar-refractivity contribution in [1.82, 2.24) is 0 Å². The Labute approximate surface area is 140 Å².